The first-order chi connectivity index (χ1) is 23.8. The molecule has 0 unspecified atom stereocenters. The van der Waals surface area contributed by atoms with Gasteiger partial charge in [-0.2, -0.15) is 0 Å². The SMILES string of the molecule is c1ccc(-n2c3ccccc3c3cc(-c4cccc(-c5ccc6c(c5)c5cnc7ccccc7c5n6-c5ccccc5)c4)ccc32)cc1. The molecule has 0 radical (unpaired) electrons. The van der Waals surface area contributed by atoms with Crippen molar-refractivity contribution in [3.05, 3.63) is 176 Å². The highest BCUT2D eigenvalue weighted by atomic mass is 15.0. The summed E-state index contributed by atoms with van der Waals surface area (Å²) in [6.45, 7) is 0. The van der Waals surface area contributed by atoms with Crippen LogP contribution >= 0.6 is 0 Å². The Hall–Kier alpha value is -6.45. The molecule has 0 atom stereocenters. The van der Waals surface area contributed by atoms with Gasteiger partial charge >= 0.3 is 0 Å². The molecule has 0 N–H and O–H groups in total. The highest BCUT2D eigenvalue weighted by molar-refractivity contribution is 6.18. The Balaban J connectivity index is 1.14. The molecule has 0 saturated heterocycles. The summed E-state index contributed by atoms with van der Waals surface area (Å²) in [6.07, 6.45) is 2.04. The van der Waals surface area contributed by atoms with Gasteiger partial charge < -0.3 is 9.13 Å². The molecule has 10 rings (SSSR count). The summed E-state index contributed by atoms with van der Waals surface area (Å²) in [5.74, 6) is 0. The van der Waals surface area contributed by atoms with Gasteiger partial charge in [-0.25, -0.2) is 0 Å². The second-order valence-corrected chi connectivity index (χ2v) is 12.4. The van der Waals surface area contributed by atoms with Gasteiger partial charge in [0.1, 0.15) is 0 Å². The number of fused-ring (bicyclic) bond motifs is 8. The van der Waals surface area contributed by atoms with Gasteiger partial charge in [0.15, 0.2) is 0 Å². The first-order valence-electron chi connectivity index (χ1n) is 16.4. The topological polar surface area (TPSA) is 22.8 Å². The van der Waals surface area contributed by atoms with Crippen LogP contribution in [0.15, 0.2) is 176 Å². The number of hydrogen-bond acceptors (Lipinski definition) is 1. The summed E-state index contributed by atoms with van der Waals surface area (Å²) in [6, 6.07) is 61.1. The van der Waals surface area contributed by atoms with Crippen molar-refractivity contribution in [3.63, 3.8) is 0 Å². The minimum atomic E-state index is 1.00. The van der Waals surface area contributed by atoms with Crippen molar-refractivity contribution in [2.24, 2.45) is 0 Å². The predicted octanol–water partition coefficient (Wildman–Crippen LogP) is 11.8. The molecule has 3 nitrogen and oxygen atoms in total. The summed E-state index contributed by atoms with van der Waals surface area (Å²) in [4.78, 5) is 4.88. The Morgan fingerprint density at radius 1 is 0.333 bits per heavy atom. The largest absolute Gasteiger partial charge is 0.309 e. The van der Waals surface area contributed by atoms with Crippen LogP contribution in [0.25, 0.3) is 88.1 Å². The zero-order valence-corrected chi connectivity index (χ0v) is 26.1. The minimum absolute atomic E-state index is 1.00. The zero-order valence-electron chi connectivity index (χ0n) is 26.1. The molecule has 0 spiro atoms. The number of para-hydroxylation sites is 4. The van der Waals surface area contributed by atoms with Crippen LogP contribution < -0.4 is 0 Å². The van der Waals surface area contributed by atoms with Crippen molar-refractivity contribution < 1.29 is 0 Å². The van der Waals surface area contributed by atoms with Crippen LogP contribution in [0.3, 0.4) is 0 Å². The Labute approximate surface area is 277 Å². The van der Waals surface area contributed by atoms with E-state index in [4.69, 9.17) is 4.98 Å². The average Bonchev–Trinajstić information content (AvgIpc) is 3.68. The number of aromatic nitrogens is 3. The number of nitrogens with zero attached hydrogens (tertiary/aromatic N) is 3. The summed E-state index contributed by atoms with van der Waals surface area (Å²) in [5.41, 5.74) is 12.9. The highest BCUT2D eigenvalue weighted by Gasteiger charge is 2.17. The number of hydrogen-bond donors (Lipinski definition) is 0. The Bertz CT molecular complexity index is 2820. The van der Waals surface area contributed by atoms with E-state index in [0.717, 1.165) is 22.0 Å². The molecule has 0 saturated carbocycles. The zero-order chi connectivity index (χ0) is 31.6. The fourth-order valence-corrected chi connectivity index (χ4v) is 7.54. The second kappa shape index (κ2) is 10.5. The first-order valence-corrected chi connectivity index (χ1v) is 16.4. The lowest BCUT2D eigenvalue weighted by Gasteiger charge is -2.10. The summed E-state index contributed by atoms with van der Waals surface area (Å²) < 4.78 is 4.75. The monoisotopic (exact) mass is 611 g/mol. The summed E-state index contributed by atoms with van der Waals surface area (Å²) in [5, 5.41) is 6.03. The van der Waals surface area contributed by atoms with E-state index in [1.165, 1.54) is 66.2 Å². The van der Waals surface area contributed by atoms with Crippen LogP contribution in [-0.4, -0.2) is 14.1 Å². The molecule has 10 aromatic rings. The van der Waals surface area contributed by atoms with Crippen molar-refractivity contribution >= 4 is 54.5 Å². The Morgan fingerprint density at radius 2 is 0.854 bits per heavy atom. The lowest BCUT2D eigenvalue weighted by Crippen LogP contribution is -1.94. The van der Waals surface area contributed by atoms with Gasteiger partial charge in [-0.1, -0.05) is 103 Å². The Morgan fingerprint density at radius 3 is 1.56 bits per heavy atom. The van der Waals surface area contributed by atoms with Crippen LogP contribution in [0.5, 0.6) is 0 Å². The molecule has 3 aromatic heterocycles. The predicted molar refractivity (Wildman–Crippen MR) is 201 cm³/mol. The number of pyridine rings is 1. The van der Waals surface area contributed by atoms with E-state index >= 15 is 0 Å². The third kappa shape index (κ3) is 4.04. The fourth-order valence-electron chi connectivity index (χ4n) is 7.54. The number of benzene rings is 7. The third-order valence-corrected chi connectivity index (χ3v) is 9.73. The molecule has 0 fully saturated rings. The molecule has 0 aliphatic carbocycles. The normalized spacial score (nSPS) is 11.8. The van der Waals surface area contributed by atoms with Gasteiger partial charge in [0.05, 0.1) is 27.6 Å². The van der Waals surface area contributed by atoms with Crippen LogP contribution in [-0.2, 0) is 0 Å². The summed E-state index contributed by atoms with van der Waals surface area (Å²) >= 11 is 0. The smallest absolute Gasteiger partial charge is 0.0723 e. The van der Waals surface area contributed by atoms with E-state index in [2.05, 4.69) is 179 Å². The fraction of sp³-hybridized carbons (Fsp3) is 0. The molecular weight excluding hydrogens is 583 g/mol. The second-order valence-electron chi connectivity index (χ2n) is 12.4. The van der Waals surface area contributed by atoms with Crippen LogP contribution in [0.4, 0.5) is 0 Å². The summed E-state index contributed by atoms with van der Waals surface area (Å²) in [7, 11) is 0. The minimum Gasteiger partial charge on any atom is -0.309 e. The van der Waals surface area contributed by atoms with Crippen molar-refractivity contribution in [1.29, 1.82) is 0 Å². The van der Waals surface area contributed by atoms with E-state index in [1.807, 2.05) is 6.20 Å². The van der Waals surface area contributed by atoms with Gasteiger partial charge in [0.25, 0.3) is 0 Å². The highest BCUT2D eigenvalue weighted by Crippen LogP contribution is 2.39. The lowest BCUT2D eigenvalue weighted by molar-refractivity contribution is 1.18. The van der Waals surface area contributed by atoms with Gasteiger partial charge in [0.2, 0.25) is 0 Å². The van der Waals surface area contributed by atoms with Crippen molar-refractivity contribution in [3.8, 4) is 33.6 Å². The maximum absolute atomic E-state index is 4.88. The van der Waals surface area contributed by atoms with Crippen molar-refractivity contribution in [2.75, 3.05) is 0 Å². The van der Waals surface area contributed by atoms with E-state index in [9.17, 15) is 0 Å². The van der Waals surface area contributed by atoms with Gasteiger partial charge in [0, 0.05) is 44.5 Å². The maximum atomic E-state index is 4.88. The van der Waals surface area contributed by atoms with E-state index < -0.39 is 0 Å². The molecule has 0 aliphatic heterocycles. The van der Waals surface area contributed by atoms with Crippen LogP contribution in [0.1, 0.15) is 0 Å². The molecule has 0 aliphatic rings. The van der Waals surface area contributed by atoms with Gasteiger partial charge in [-0.3, -0.25) is 4.98 Å². The molecule has 0 amide bonds. The lowest BCUT2D eigenvalue weighted by atomic mass is 9.97. The molecule has 0 bridgehead atoms. The standard InChI is InChI=1S/C45H29N3/c1-3-14-34(15-4-1)47-42-21-10-8-18-36(42)38-27-32(22-24-43(38)47)30-12-11-13-31(26-30)33-23-25-44-39(28-33)40-29-46-41-20-9-7-19-37(41)45(40)48(44)35-16-5-2-6-17-35/h1-29H. The first kappa shape index (κ1) is 26.7. The van der Waals surface area contributed by atoms with Crippen LogP contribution in [0.2, 0.25) is 0 Å². The van der Waals surface area contributed by atoms with E-state index in [1.54, 1.807) is 0 Å². The quantitative estimate of drug-likeness (QED) is 0.194. The van der Waals surface area contributed by atoms with E-state index in [0.29, 0.717) is 0 Å². The van der Waals surface area contributed by atoms with E-state index in [-0.39, 0.29) is 0 Å². The van der Waals surface area contributed by atoms with Crippen LogP contribution in [0, 0.1) is 0 Å². The van der Waals surface area contributed by atoms with Crippen molar-refractivity contribution in [1.82, 2.24) is 14.1 Å². The number of rotatable bonds is 4. The van der Waals surface area contributed by atoms with Gasteiger partial charge in [-0.05, 0) is 89.0 Å². The molecule has 224 valence electrons. The van der Waals surface area contributed by atoms with Gasteiger partial charge in [-0.15, -0.1) is 0 Å². The third-order valence-electron chi connectivity index (χ3n) is 9.73. The average molecular weight is 612 g/mol. The molecule has 3 heteroatoms. The molecule has 48 heavy (non-hydrogen) atoms. The van der Waals surface area contributed by atoms with Crippen molar-refractivity contribution in [2.45, 2.75) is 0 Å². The molecular formula is C45H29N3. The molecule has 7 aromatic carbocycles. The maximum Gasteiger partial charge on any atom is 0.0723 e. The Kier molecular flexibility index (Phi) is 5.87. The molecule has 3 heterocycles.